The van der Waals surface area contributed by atoms with Crippen molar-refractivity contribution in [2.75, 3.05) is 5.32 Å². The van der Waals surface area contributed by atoms with Crippen LogP contribution < -0.4 is 5.32 Å². The largest absolute Gasteiger partial charge is 0.379 e. The van der Waals surface area contributed by atoms with Gasteiger partial charge in [-0.1, -0.05) is 39.0 Å². The summed E-state index contributed by atoms with van der Waals surface area (Å²) in [7, 11) is 0. The fraction of sp³-hybridized carbons (Fsp3) is 0.400. The predicted octanol–water partition coefficient (Wildman–Crippen LogP) is 3.59. The van der Waals surface area contributed by atoms with Crippen molar-refractivity contribution >= 4 is 5.69 Å². The number of hydrogen-bond donors (Lipinski definition) is 2. The van der Waals surface area contributed by atoms with Crippen molar-refractivity contribution in [1.29, 1.82) is 0 Å². The van der Waals surface area contributed by atoms with Crippen LogP contribution in [-0.4, -0.2) is 9.97 Å². The summed E-state index contributed by atoms with van der Waals surface area (Å²) in [6.45, 7) is 7.55. The highest BCUT2D eigenvalue weighted by atomic mass is 15.0. The first-order chi connectivity index (χ1) is 8.53. The molecule has 0 bridgehead atoms. The van der Waals surface area contributed by atoms with Crippen LogP contribution in [0.1, 0.15) is 32.3 Å². The molecule has 2 aromatic rings. The van der Waals surface area contributed by atoms with E-state index in [9.17, 15) is 0 Å². The summed E-state index contributed by atoms with van der Waals surface area (Å²) >= 11 is 0. The number of H-pyrrole nitrogens is 1. The number of benzene rings is 1. The lowest BCUT2D eigenvalue weighted by Gasteiger charge is -2.16. The van der Waals surface area contributed by atoms with Gasteiger partial charge >= 0.3 is 0 Å². The van der Waals surface area contributed by atoms with E-state index in [0.29, 0.717) is 0 Å². The van der Waals surface area contributed by atoms with Crippen LogP contribution in [0.5, 0.6) is 0 Å². The van der Waals surface area contributed by atoms with Crippen molar-refractivity contribution < 1.29 is 0 Å². The molecule has 0 atom stereocenters. The molecule has 3 rings (SSSR count). The van der Waals surface area contributed by atoms with Crippen LogP contribution in [0.25, 0.3) is 11.3 Å². The monoisotopic (exact) mass is 241 g/mol. The highest BCUT2D eigenvalue weighted by molar-refractivity contribution is 5.79. The summed E-state index contributed by atoms with van der Waals surface area (Å²) in [5.41, 5.74) is 4.96. The van der Waals surface area contributed by atoms with Crippen LogP contribution in [0.2, 0.25) is 0 Å². The summed E-state index contributed by atoms with van der Waals surface area (Å²) in [6, 6.07) is 8.35. The maximum atomic E-state index is 4.78. The first-order valence-electron chi connectivity index (χ1n) is 6.44. The quantitative estimate of drug-likeness (QED) is 0.801. The van der Waals surface area contributed by atoms with Crippen molar-refractivity contribution in [3.05, 3.63) is 35.8 Å². The highest BCUT2D eigenvalue weighted by Gasteiger charge is 2.21. The molecule has 1 aromatic heterocycles. The molecule has 0 amide bonds. The molecule has 0 saturated carbocycles. The summed E-state index contributed by atoms with van der Waals surface area (Å²) in [5, 5.41) is 3.42. The first-order valence-corrected chi connectivity index (χ1v) is 6.44. The Kier molecular flexibility index (Phi) is 2.44. The normalized spacial score (nSPS) is 13.7. The molecule has 0 radical (unpaired) electrons. The maximum Gasteiger partial charge on any atom is 0.107 e. The Balaban J connectivity index is 2.02. The van der Waals surface area contributed by atoms with Gasteiger partial charge in [0, 0.05) is 17.7 Å². The van der Waals surface area contributed by atoms with Gasteiger partial charge in [0.2, 0.25) is 0 Å². The van der Waals surface area contributed by atoms with E-state index in [-0.39, 0.29) is 5.41 Å². The second kappa shape index (κ2) is 3.87. The minimum absolute atomic E-state index is 0.257. The molecule has 0 spiro atoms. The lowest BCUT2D eigenvalue weighted by Crippen LogP contribution is -2.10. The average molecular weight is 241 g/mol. The smallest absolute Gasteiger partial charge is 0.107 e. The molecule has 0 saturated heterocycles. The highest BCUT2D eigenvalue weighted by Crippen LogP contribution is 2.34. The molecule has 2 heterocycles. The lowest BCUT2D eigenvalue weighted by molar-refractivity contribution is 0.402. The van der Waals surface area contributed by atoms with Crippen LogP contribution >= 0.6 is 0 Å². The molecular formula is C15H19N3. The number of anilines is 1. The maximum absolute atomic E-state index is 4.78. The van der Waals surface area contributed by atoms with Gasteiger partial charge in [-0.3, -0.25) is 0 Å². The molecule has 1 aromatic carbocycles. The van der Waals surface area contributed by atoms with E-state index in [1.807, 2.05) is 0 Å². The summed E-state index contributed by atoms with van der Waals surface area (Å²) in [6.07, 6.45) is 0.974. The number of aromatic nitrogens is 2. The second-order valence-corrected chi connectivity index (χ2v) is 6.15. The summed E-state index contributed by atoms with van der Waals surface area (Å²) < 4.78 is 0. The second-order valence-electron chi connectivity index (χ2n) is 6.15. The molecule has 3 nitrogen and oxygen atoms in total. The Labute approximate surface area is 108 Å². The van der Waals surface area contributed by atoms with E-state index >= 15 is 0 Å². The number of fused-ring (bicyclic) bond motifs is 3. The summed E-state index contributed by atoms with van der Waals surface area (Å²) in [5.74, 6) is 1.09. The minimum Gasteiger partial charge on any atom is -0.379 e. The van der Waals surface area contributed by atoms with Crippen LogP contribution in [-0.2, 0) is 13.0 Å². The molecule has 94 valence electrons. The molecule has 1 aliphatic rings. The Morgan fingerprint density at radius 2 is 2.00 bits per heavy atom. The van der Waals surface area contributed by atoms with E-state index in [1.165, 1.54) is 16.9 Å². The first kappa shape index (κ1) is 11.3. The number of rotatable bonds is 1. The number of imidazole rings is 1. The van der Waals surface area contributed by atoms with Crippen molar-refractivity contribution in [3.63, 3.8) is 0 Å². The Hall–Kier alpha value is -1.77. The fourth-order valence-corrected chi connectivity index (χ4v) is 2.43. The number of hydrogen-bond acceptors (Lipinski definition) is 2. The molecule has 1 aliphatic heterocycles. The average Bonchev–Trinajstić information content (AvgIpc) is 2.69. The zero-order valence-corrected chi connectivity index (χ0v) is 11.2. The van der Waals surface area contributed by atoms with Gasteiger partial charge in [0.25, 0.3) is 0 Å². The van der Waals surface area contributed by atoms with Gasteiger partial charge in [0.15, 0.2) is 0 Å². The molecule has 0 fully saturated rings. The Morgan fingerprint density at radius 1 is 1.22 bits per heavy atom. The summed E-state index contributed by atoms with van der Waals surface area (Å²) in [4.78, 5) is 8.24. The third kappa shape index (κ3) is 2.01. The van der Waals surface area contributed by atoms with E-state index in [4.69, 9.17) is 4.98 Å². The Morgan fingerprint density at radius 3 is 2.78 bits per heavy atom. The molecule has 2 N–H and O–H groups in total. The van der Waals surface area contributed by atoms with Crippen molar-refractivity contribution in [2.24, 2.45) is 5.41 Å². The SMILES string of the molecule is CC(C)(C)Cc1nc2c([nH]1)CNc1ccccc1-2. The molecule has 18 heavy (non-hydrogen) atoms. The lowest BCUT2D eigenvalue weighted by atomic mass is 9.92. The zero-order valence-electron chi connectivity index (χ0n) is 11.2. The molecular weight excluding hydrogens is 222 g/mol. The van der Waals surface area contributed by atoms with Gasteiger partial charge in [-0.05, 0) is 11.5 Å². The number of nitrogens with one attached hydrogen (secondary N) is 2. The Bertz CT molecular complexity index is 576. The standard InChI is InChI=1S/C15H19N3/c1-15(2,3)8-13-17-12-9-16-11-7-5-4-6-10(11)14(12)18-13/h4-7,16H,8-9H2,1-3H3,(H,17,18). The van der Waals surface area contributed by atoms with Gasteiger partial charge in [0.1, 0.15) is 5.82 Å². The predicted molar refractivity (Wildman–Crippen MR) is 74.5 cm³/mol. The minimum atomic E-state index is 0.257. The molecule has 0 unspecified atom stereocenters. The topological polar surface area (TPSA) is 40.7 Å². The van der Waals surface area contributed by atoms with Crippen LogP contribution in [0.3, 0.4) is 0 Å². The van der Waals surface area contributed by atoms with Crippen molar-refractivity contribution in [3.8, 4) is 11.3 Å². The van der Waals surface area contributed by atoms with E-state index in [0.717, 1.165) is 24.5 Å². The van der Waals surface area contributed by atoms with E-state index in [2.05, 4.69) is 55.3 Å². The zero-order chi connectivity index (χ0) is 12.8. The van der Waals surface area contributed by atoms with Gasteiger partial charge < -0.3 is 10.3 Å². The number of nitrogens with zero attached hydrogens (tertiary/aromatic N) is 1. The van der Waals surface area contributed by atoms with Crippen molar-refractivity contribution in [2.45, 2.75) is 33.7 Å². The van der Waals surface area contributed by atoms with Gasteiger partial charge in [-0.2, -0.15) is 0 Å². The van der Waals surface area contributed by atoms with Crippen LogP contribution in [0.15, 0.2) is 24.3 Å². The third-order valence-corrected chi connectivity index (χ3v) is 3.16. The van der Waals surface area contributed by atoms with Gasteiger partial charge in [0.05, 0.1) is 17.9 Å². The van der Waals surface area contributed by atoms with Crippen LogP contribution in [0.4, 0.5) is 5.69 Å². The van der Waals surface area contributed by atoms with Gasteiger partial charge in [-0.25, -0.2) is 4.98 Å². The molecule has 3 heteroatoms. The van der Waals surface area contributed by atoms with Gasteiger partial charge in [-0.15, -0.1) is 0 Å². The number of para-hydroxylation sites is 1. The fourth-order valence-electron chi connectivity index (χ4n) is 2.43. The third-order valence-electron chi connectivity index (χ3n) is 3.16. The van der Waals surface area contributed by atoms with E-state index < -0.39 is 0 Å². The molecule has 0 aliphatic carbocycles. The number of aromatic amines is 1. The van der Waals surface area contributed by atoms with Crippen molar-refractivity contribution in [1.82, 2.24) is 9.97 Å². The van der Waals surface area contributed by atoms with Crippen LogP contribution in [0, 0.1) is 5.41 Å². The van der Waals surface area contributed by atoms with E-state index in [1.54, 1.807) is 0 Å².